The molecule has 0 saturated heterocycles. The van der Waals surface area contributed by atoms with E-state index in [0.717, 1.165) is 0 Å². The van der Waals surface area contributed by atoms with Crippen molar-refractivity contribution >= 4 is 24.0 Å². The van der Waals surface area contributed by atoms with E-state index in [1.54, 1.807) is 12.1 Å². The minimum Gasteiger partial charge on any atom is -0.477 e. The first-order valence-electron chi connectivity index (χ1n) is 5.19. The molecule has 0 atom stereocenters. The van der Waals surface area contributed by atoms with E-state index in [1.165, 1.54) is 30.4 Å². The summed E-state index contributed by atoms with van der Waals surface area (Å²) >= 11 is 0. The number of carboxylic acids is 1. The topological polar surface area (TPSA) is 106 Å². The number of carboxylic acid groups (broad SMARTS) is 1. The number of aromatic nitrogens is 1. The first-order valence-corrected chi connectivity index (χ1v) is 5.19. The predicted octanol–water partition coefficient (Wildman–Crippen LogP) is 2.45. The Balaban J connectivity index is 2.19. The quantitative estimate of drug-likeness (QED) is 0.668. The Morgan fingerprint density at radius 3 is 2.74 bits per heavy atom. The van der Waals surface area contributed by atoms with Crippen molar-refractivity contribution in [1.82, 2.24) is 4.98 Å². The second-order valence-corrected chi connectivity index (χ2v) is 3.52. The third-order valence-corrected chi connectivity index (χ3v) is 2.20. The van der Waals surface area contributed by atoms with Crippen molar-refractivity contribution in [2.75, 3.05) is 0 Å². The SMILES string of the molecule is O=C(O)c1cccc(C=Cc2ccc([N+](=O)[O-])o2)n1. The molecule has 0 aromatic carbocycles. The molecule has 2 aromatic heterocycles. The number of nitro groups is 1. The Kier molecular flexibility index (Phi) is 3.37. The van der Waals surface area contributed by atoms with Crippen LogP contribution in [0.5, 0.6) is 0 Å². The van der Waals surface area contributed by atoms with Crippen LogP contribution in [0.2, 0.25) is 0 Å². The highest BCUT2D eigenvalue weighted by molar-refractivity contribution is 5.85. The molecule has 1 N–H and O–H groups in total. The number of pyridine rings is 1. The second kappa shape index (κ2) is 5.13. The van der Waals surface area contributed by atoms with Gasteiger partial charge in [-0.1, -0.05) is 6.07 Å². The highest BCUT2D eigenvalue weighted by Gasteiger charge is 2.10. The predicted molar refractivity (Wildman–Crippen MR) is 65.5 cm³/mol. The first kappa shape index (κ1) is 12.5. The fraction of sp³-hybridized carbons (Fsp3) is 0. The Bertz CT molecular complexity index is 660. The van der Waals surface area contributed by atoms with Crippen LogP contribution in [0.4, 0.5) is 5.88 Å². The van der Waals surface area contributed by atoms with Crippen molar-refractivity contribution in [3.8, 4) is 0 Å². The van der Waals surface area contributed by atoms with Gasteiger partial charge in [0.1, 0.15) is 16.4 Å². The fourth-order valence-corrected chi connectivity index (χ4v) is 1.36. The van der Waals surface area contributed by atoms with E-state index in [-0.39, 0.29) is 17.3 Å². The largest absolute Gasteiger partial charge is 0.477 e. The minimum absolute atomic E-state index is 0.0763. The summed E-state index contributed by atoms with van der Waals surface area (Å²) in [6.07, 6.45) is 2.98. The average Bonchev–Trinajstić information content (AvgIpc) is 2.85. The van der Waals surface area contributed by atoms with Crippen LogP contribution in [-0.4, -0.2) is 21.0 Å². The molecule has 2 heterocycles. The molecule has 0 unspecified atom stereocenters. The van der Waals surface area contributed by atoms with Crippen molar-refractivity contribution in [3.63, 3.8) is 0 Å². The molecule has 0 spiro atoms. The summed E-state index contributed by atoms with van der Waals surface area (Å²) in [7, 11) is 0. The first-order chi connectivity index (χ1) is 9.06. The summed E-state index contributed by atoms with van der Waals surface area (Å²) in [6.45, 7) is 0. The summed E-state index contributed by atoms with van der Waals surface area (Å²) in [5, 5.41) is 19.2. The zero-order valence-electron chi connectivity index (χ0n) is 9.52. The van der Waals surface area contributed by atoms with Gasteiger partial charge in [0.25, 0.3) is 0 Å². The molecule has 7 nitrogen and oxygen atoms in total. The van der Waals surface area contributed by atoms with Gasteiger partial charge in [-0.15, -0.1) is 0 Å². The fourth-order valence-electron chi connectivity index (χ4n) is 1.36. The van der Waals surface area contributed by atoms with E-state index >= 15 is 0 Å². The molecule has 2 aromatic rings. The third kappa shape index (κ3) is 3.03. The van der Waals surface area contributed by atoms with E-state index in [0.29, 0.717) is 5.69 Å². The molecule has 0 fully saturated rings. The van der Waals surface area contributed by atoms with Crippen molar-refractivity contribution in [3.05, 3.63) is 57.6 Å². The molecule has 0 radical (unpaired) electrons. The summed E-state index contributed by atoms with van der Waals surface area (Å²) in [5.41, 5.74) is 0.339. The molecular formula is C12H8N2O5. The Morgan fingerprint density at radius 1 is 1.32 bits per heavy atom. The average molecular weight is 260 g/mol. The molecule has 2 rings (SSSR count). The van der Waals surface area contributed by atoms with Gasteiger partial charge >= 0.3 is 11.9 Å². The zero-order valence-corrected chi connectivity index (χ0v) is 9.52. The number of carbonyl (C=O) groups is 1. The van der Waals surface area contributed by atoms with Crippen LogP contribution >= 0.6 is 0 Å². The van der Waals surface area contributed by atoms with Crippen LogP contribution in [0.15, 0.2) is 34.7 Å². The van der Waals surface area contributed by atoms with Crippen LogP contribution in [-0.2, 0) is 0 Å². The monoisotopic (exact) mass is 260 g/mol. The molecule has 0 aliphatic heterocycles. The van der Waals surface area contributed by atoms with Gasteiger partial charge in [0.2, 0.25) is 0 Å². The molecule has 96 valence electrons. The van der Waals surface area contributed by atoms with Crippen LogP contribution in [0.25, 0.3) is 12.2 Å². The molecule has 0 amide bonds. The van der Waals surface area contributed by atoms with Gasteiger partial charge in [-0.2, -0.15) is 0 Å². The second-order valence-electron chi connectivity index (χ2n) is 3.52. The maximum atomic E-state index is 10.7. The summed E-state index contributed by atoms with van der Waals surface area (Å²) < 4.78 is 4.91. The minimum atomic E-state index is -1.12. The van der Waals surface area contributed by atoms with Gasteiger partial charge in [-0.05, 0) is 30.4 Å². The standard InChI is InChI=1S/C12H8N2O5/c15-12(16)10-3-1-2-8(13-10)4-5-9-6-7-11(19-9)14(17)18/h1-7H,(H,15,16). The van der Waals surface area contributed by atoms with E-state index in [2.05, 4.69) is 4.98 Å². The molecule has 0 saturated carbocycles. The Labute approximate surface area is 107 Å². The van der Waals surface area contributed by atoms with Crippen molar-refractivity contribution in [2.24, 2.45) is 0 Å². The number of hydrogen-bond acceptors (Lipinski definition) is 5. The number of nitrogens with zero attached hydrogens (tertiary/aromatic N) is 2. The highest BCUT2D eigenvalue weighted by Crippen LogP contribution is 2.17. The summed E-state index contributed by atoms with van der Waals surface area (Å²) in [6, 6.07) is 7.22. The van der Waals surface area contributed by atoms with Gasteiger partial charge in [0.15, 0.2) is 0 Å². The lowest BCUT2D eigenvalue weighted by Crippen LogP contribution is -2.00. The van der Waals surface area contributed by atoms with Crippen LogP contribution in [0.1, 0.15) is 21.9 Å². The maximum absolute atomic E-state index is 10.7. The maximum Gasteiger partial charge on any atom is 0.433 e. The number of hydrogen-bond donors (Lipinski definition) is 1. The number of furan rings is 1. The van der Waals surface area contributed by atoms with Crippen molar-refractivity contribution in [1.29, 1.82) is 0 Å². The summed E-state index contributed by atoms with van der Waals surface area (Å²) in [4.78, 5) is 24.4. The lowest BCUT2D eigenvalue weighted by Gasteiger charge is -1.95. The third-order valence-electron chi connectivity index (χ3n) is 2.20. The molecule has 0 aliphatic rings. The normalized spacial score (nSPS) is 10.7. The molecule has 7 heteroatoms. The Hall–Kier alpha value is -2.96. The van der Waals surface area contributed by atoms with E-state index in [1.807, 2.05) is 0 Å². The van der Waals surface area contributed by atoms with Gasteiger partial charge in [0.05, 0.1) is 11.8 Å². The molecule has 19 heavy (non-hydrogen) atoms. The van der Waals surface area contributed by atoms with Crippen molar-refractivity contribution < 1.29 is 19.2 Å². The smallest absolute Gasteiger partial charge is 0.433 e. The lowest BCUT2D eigenvalue weighted by atomic mass is 10.2. The van der Waals surface area contributed by atoms with Crippen LogP contribution in [0.3, 0.4) is 0 Å². The highest BCUT2D eigenvalue weighted by atomic mass is 16.6. The summed E-state index contributed by atoms with van der Waals surface area (Å²) in [5.74, 6) is -1.19. The molecule has 0 aliphatic carbocycles. The number of aromatic carboxylic acids is 1. The van der Waals surface area contributed by atoms with Gasteiger partial charge < -0.3 is 9.52 Å². The van der Waals surface area contributed by atoms with Gasteiger partial charge in [0, 0.05) is 0 Å². The van der Waals surface area contributed by atoms with E-state index in [9.17, 15) is 14.9 Å². The Morgan fingerprint density at radius 2 is 2.11 bits per heavy atom. The van der Waals surface area contributed by atoms with E-state index < -0.39 is 10.9 Å². The molecular weight excluding hydrogens is 252 g/mol. The van der Waals surface area contributed by atoms with Crippen molar-refractivity contribution in [2.45, 2.75) is 0 Å². The molecule has 0 bridgehead atoms. The number of rotatable bonds is 4. The lowest BCUT2D eigenvalue weighted by molar-refractivity contribution is -0.402. The van der Waals surface area contributed by atoms with Gasteiger partial charge in [-0.3, -0.25) is 10.1 Å². The zero-order chi connectivity index (χ0) is 13.8. The van der Waals surface area contributed by atoms with Gasteiger partial charge in [-0.25, -0.2) is 9.78 Å². The van der Waals surface area contributed by atoms with Crippen LogP contribution < -0.4 is 0 Å². The van der Waals surface area contributed by atoms with Crippen LogP contribution in [0, 0.1) is 10.1 Å². The van der Waals surface area contributed by atoms with E-state index in [4.69, 9.17) is 9.52 Å².